The second-order valence-corrected chi connectivity index (χ2v) is 2.66. The van der Waals surface area contributed by atoms with Crippen LogP contribution in [0.1, 0.15) is 46.5 Å². The molecule has 0 aromatic rings. The predicted octanol–water partition coefficient (Wildman–Crippen LogP) is 4.08. The van der Waals surface area contributed by atoms with Crippen LogP contribution in [0.25, 0.3) is 0 Å². The minimum Gasteiger partial charge on any atom is -0.130 e. The summed E-state index contributed by atoms with van der Waals surface area (Å²) in [5, 5.41) is 0. The van der Waals surface area contributed by atoms with Crippen molar-refractivity contribution in [3.05, 3.63) is 0 Å². The summed E-state index contributed by atoms with van der Waals surface area (Å²) in [4.78, 5) is 0. The summed E-state index contributed by atoms with van der Waals surface area (Å²) < 4.78 is 0. The maximum atomic E-state index is 4.64. The smallest absolute Gasteiger partial charge is 0.0108 e. The van der Waals surface area contributed by atoms with E-state index in [9.17, 15) is 0 Å². The van der Waals surface area contributed by atoms with Crippen LogP contribution >= 0.6 is 11.6 Å². The van der Waals surface area contributed by atoms with E-state index < -0.39 is 0 Å². The topological polar surface area (TPSA) is 0 Å². The van der Waals surface area contributed by atoms with Crippen LogP contribution in [0.3, 0.4) is 0 Å². The van der Waals surface area contributed by atoms with E-state index in [2.05, 4.69) is 32.4 Å². The Kier molecular flexibility index (Phi) is 15.5. The summed E-state index contributed by atoms with van der Waals surface area (Å²) >= 11 is 4.64. The third-order valence-electron chi connectivity index (χ3n) is 1.75. The monoisotopic (exact) mass is 164 g/mol. The van der Waals surface area contributed by atoms with Gasteiger partial charge in [-0.05, 0) is 5.92 Å². The van der Waals surface area contributed by atoms with Gasteiger partial charge in [0.15, 0.2) is 0 Å². The highest BCUT2D eigenvalue weighted by molar-refractivity contribution is 6.15. The van der Waals surface area contributed by atoms with E-state index in [0.29, 0.717) is 0 Å². The summed E-state index contributed by atoms with van der Waals surface area (Å²) in [6.45, 7) is 6.85. The van der Waals surface area contributed by atoms with Crippen molar-refractivity contribution in [2.75, 3.05) is 6.38 Å². The fourth-order valence-corrected chi connectivity index (χ4v) is 0.757. The van der Waals surface area contributed by atoms with Gasteiger partial charge in [-0.25, -0.2) is 0 Å². The van der Waals surface area contributed by atoms with Crippen molar-refractivity contribution in [1.82, 2.24) is 0 Å². The van der Waals surface area contributed by atoms with E-state index in [-0.39, 0.29) is 0 Å². The molecule has 0 nitrogen and oxygen atoms in total. The molecule has 0 saturated heterocycles. The Morgan fingerprint density at radius 3 is 2.00 bits per heavy atom. The predicted molar refractivity (Wildman–Crippen MR) is 50.8 cm³/mol. The van der Waals surface area contributed by atoms with Crippen molar-refractivity contribution in [2.24, 2.45) is 5.92 Å². The lowest BCUT2D eigenvalue weighted by Gasteiger charge is -2.04. The van der Waals surface area contributed by atoms with Crippen LogP contribution in [-0.4, -0.2) is 6.38 Å². The molecule has 0 saturated carbocycles. The largest absolute Gasteiger partial charge is 0.130 e. The molecule has 0 N–H and O–H groups in total. The van der Waals surface area contributed by atoms with Crippen LogP contribution < -0.4 is 0 Å². The fourth-order valence-electron chi connectivity index (χ4n) is 0.757. The van der Waals surface area contributed by atoms with Crippen LogP contribution in [0, 0.1) is 5.92 Å². The Bertz CT molecular complexity index is 44.0. The summed E-state index contributed by atoms with van der Waals surface area (Å²) in [5.74, 6) is 0.954. The molecule has 1 unspecified atom stereocenters. The zero-order valence-corrected chi connectivity index (χ0v) is 8.54. The van der Waals surface area contributed by atoms with Crippen molar-refractivity contribution >= 4 is 11.6 Å². The Hall–Kier alpha value is 0.290. The second kappa shape index (κ2) is 12.0. The van der Waals surface area contributed by atoms with Gasteiger partial charge in [-0.3, -0.25) is 0 Å². The highest BCUT2D eigenvalue weighted by atomic mass is 35.5. The van der Waals surface area contributed by atoms with E-state index in [0.717, 1.165) is 5.92 Å². The van der Waals surface area contributed by atoms with Gasteiger partial charge < -0.3 is 0 Å². The maximum Gasteiger partial charge on any atom is 0.0108 e. The number of alkyl halides is 1. The van der Waals surface area contributed by atoms with Gasteiger partial charge in [-0.1, -0.05) is 46.5 Å². The Labute approximate surface area is 71.0 Å². The Morgan fingerprint density at radius 2 is 1.70 bits per heavy atom. The summed E-state index contributed by atoms with van der Waals surface area (Å²) in [5.41, 5.74) is 0. The molecule has 0 radical (unpaired) electrons. The number of hydrogen-bond acceptors (Lipinski definition) is 0. The molecule has 1 atom stereocenters. The molecular formula is C9H21Cl. The van der Waals surface area contributed by atoms with Crippen LogP contribution in [0.5, 0.6) is 0 Å². The second-order valence-electron chi connectivity index (χ2n) is 2.66. The summed E-state index contributed by atoms with van der Waals surface area (Å²) in [7, 11) is 0. The van der Waals surface area contributed by atoms with Crippen molar-refractivity contribution < 1.29 is 0 Å². The lowest BCUT2D eigenvalue weighted by Crippen LogP contribution is -1.89. The lowest BCUT2D eigenvalue weighted by molar-refractivity contribution is 0.492. The van der Waals surface area contributed by atoms with Gasteiger partial charge in [-0.2, -0.15) is 0 Å². The molecule has 0 spiro atoms. The van der Waals surface area contributed by atoms with Crippen LogP contribution in [0.2, 0.25) is 0 Å². The van der Waals surface area contributed by atoms with Crippen LogP contribution in [-0.2, 0) is 0 Å². The third-order valence-corrected chi connectivity index (χ3v) is 1.75. The standard InChI is InChI=1S/C8H18.CH3Cl/c1-4-6-7-8(3)5-2;1-2/h8H,4-7H2,1-3H3;1H3. The fraction of sp³-hybridized carbons (Fsp3) is 1.00. The Balaban J connectivity index is 0. The summed E-state index contributed by atoms with van der Waals surface area (Å²) in [6, 6.07) is 0. The van der Waals surface area contributed by atoms with E-state index in [1.54, 1.807) is 0 Å². The van der Waals surface area contributed by atoms with Crippen molar-refractivity contribution in [2.45, 2.75) is 46.5 Å². The van der Waals surface area contributed by atoms with E-state index in [1.165, 1.54) is 32.1 Å². The van der Waals surface area contributed by atoms with Gasteiger partial charge in [0.25, 0.3) is 0 Å². The quantitative estimate of drug-likeness (QED) is 0.550. The minimum atomic E-state index is 0.954. The maximum absolute atomic E-state index is 4.64. The average molecular weight is 165 g/mol. The molecule has 0 aliphatic heterocycles. The molecule has 1 heteroatoms. The van der Waals surface area contributed by atoms with Gasteiger partial charge >= 0.3 is 0 Å². The Morgan fingerprint density at radius 1 is 1.20 bits per heavy atom. The lowest BCUT2D eigenvalue weighted by atomic mass is 10.0. The zero-order chi connectivity index (χ0) is 8.41. The number of unbranched alkanes of at least 4 members (excludes halogenated alkanes) is 1. The highest BCUT2D eigenvalue weighted by Crippen LogP contribution is 2.09. The van der Waals surface area contributed by atoms with Gasteiger partial charge in [0.2, 0.25) is 0 Å². The van der Waals surface area contributed by atoms with Gasteiger partial charge in [-0.15, -0.1) is 11.6 Å². The van der Waals surface area contributed by atoms with Gasteiger partial charge in [0.1, 0.15) is 0 Å². The molecule has 64 valence electrons. The van der Waals surface area contributed by atoms with Crippen molar-refractivity contribution in [3.63, 3.8) is 0 Å². The van der Waals surface area contributed by atoms with E-state index in [1.807, 2.05) is 0 Å². The first-order valence-corrected chi connectivity index (χ1v) is 4.94. The molecule has 0 heterocycles. The molecule has 0 aliphatic rings. The van der Waals surface area contributed by atoms with Crippen LogP contribution in [0.4, 0.5) is 0 Å². The molecular weight excluding hydrogens is 144 g/mol. The molecule has 0 amide bonds. The highest BCUT2D eigenvalue weighted by Gasteiger charge is 1.94. The molecule has 0 aliphatic carbocycles. The van der Waals surface area contributed by atoms with Crippen LogP contribution in [0.15, 0.2) is 0 Å². The molecule has 0 rings (SSSR count). The van der Waals surface area contributed by atoms with Gasteiger partial charge in [0.05, 0.1) is 0 Å². The SMILES string of the molecule is CCCCC(C)CC.CCl. The van der Waals surface area contributed by atoms with E-state index in [4.69, 9.17) is 0 Å². The average Bonchev–Trinajstić information content (AvgIpc) is 2.04. The normalized spacial score (nSPS) is 11.7. The first kappa shape index (κ1) is 12.9. The zero-order valence-electron chi connectivity index (χ0n) is 7.78. The molecule has 0 bridgehead atoms. The van der Waals surface area contributed by atoms with E-state index >= 15 is 0 Å². The molecule has 0 aromatic heterocycles. The summed E-state index contributed by atoms with van der Waals surface area (Å²) in [6.07, 6.45) is 7.01. The number of rotatable bonds is 4. The first-order chi connectivity index (χ1) is 4.81. The molecule has 0 aromatic carbocycles. The third kappa shape index (κ3) is 11.1. The van der Waals surface area contributed by atoms with Crippen molar-refractivity contribution in [3.8, 4) is 0 Å². The van der Waals surface area contributed by atoms with Crippen molar-refractivity contribution in [1.29, 1.82) is 0 Å². The molecule has 10 heavy (non-hydrogen) atoms. The van der Waals surface area contributed by atoms with Gasteiger partial charge in [0, 0.05) is 6.38 Å². The number of halogens is 1. The molecule has 0 fully saturated rings. The number of hydrogen-bond donors (Lipinski definition) is 0. The first-order valence-electron chi connectivity index (χ1n) is 4.19. The minimum absolute atomic E-state index is 0.954.